The highest BCUT2D eigenvalue weighted by Gasteiger charge is 2.31. The van der Waals surface area contributed by atoms with Crippen LogP contribution in [0.2, 0.25) is 0 Å². The van der Waals surface area contributed by atoms with Gasteiger partial charge >= 0.3 is 0 Å². The van der Waals surface area contributed by atoms with Gasteiger partial charge in [0.2, 0.25) is 11.4 Å². The summed E-state index contributed by atoms with van der Waals surface area (Å²) in [6.07, 6.45) is 0. The first kappa shape index (κ1) is 24.2. The number of nitrogens with zero attached hydrogens (tertiary/aromatic N) is 2. The number of rotatable bonds is 2. The van der Waals surface area contributed by atoms with Crippen LogP contribution in [0.15, 0.2) is 0 Å². The molecule has 0 radical (unpaired) electrons. The summed E-state index contributed by atoms with van der Waals surface area (Å²) < 4.78 is 4.81. The lowest BCUT2D eigenvalue weighted by Gasteiger charge is -2.22. The fourth-order valence-corrected chi connectivity index (χ4v) is 5.57. The lowest BCUT2D eigenvalue weighted by Crippen LogP contribution is -2.39. The molecule has 2 nitrogen and oxygen atoms in total. The van der Waals surface area contributed by atoms with E-state index in [9.17, 15) is 0 Å². The summed E-state index contributed by atoms with van der Waals surface area (Å²) in [7, 11) is 4.45. The van der Waals surface area contributed by atoms with Crippen molar-refractivity contribution in [2.45, 2.75) is 83.1 Å². The van der Waals surface area contributed by atoms with Crippen molar-refractivity contribution in [2.24, 2.45) is 14.1 Å². The third-order valence-electron chi connectivity index (χ3n) is 8.82. The van der Waals surface area contributed by atoms with E-state index >= 15 is 0 Å². The zero-order valence-electron chi connectivity index (χ0n) is 22.9. The highest BCUT2D eigenvalue weighted by atomic mass is 15.0. The fourth-order valence-electron chi connectivity index (χ4n) is 5.57. The summed E-state index contributed by atoms with van der Waals surface area (Å²) in [6.45, 7) is 27.3. The van der Waals surface area contributed by atoms with Gasteiger partial charge in [0.05, 0.1) is 11.1 Å². The van der Waals surface area contributed by atoms with Crippen LogP contribution in [-0.4, -0.2) is 0 Å². The molecule has 1 aromatic carbocycles. The van der Waals surface area contributed by atoms with Gasteiger partial charge in [0.15, 0.2) is 11.4 Å². The highest BCUT2D eigenvalue weighted by Crippen LogP contribution is 2.40. The standard InChI is InChI=1S/C30H42N2/c1-15-18(4)25(11)31(13)29(22(15)8)27-20(6)17(3)21(7)28(24(27)10)30-23(9)16(2)19(5)26(12)32(30)14/h1-14H3/q+2. The van der Waals surface area contributed by atoms with E-state index in [-0.39, 0.29) is 0 Å². The Morgan fingerprint density at radius 3 is 0.906 bits per heavy atom. The molecule has 170 valence electrons. The van der Waals surface area contributed by atoms with Crippen LogP contribution in [0.25, 0.3) is 22.5 Å². The van der Waals surface area contributed by atoms with Crippen LogP contribution in [0.4, 0.5) is 0 Å². The molecule has 0 saturated heterocycles. The summed E-state index contributed by atoms with van der Waals surface area (Å²) >= 11 is 0. The Morgan fingerprint density at radius 2 is 0.594 bits per heavy atom. The van der Waals surface area contributed by atoms with Crippen LogP contribution in [0, 0.1) is 83.1 Å². The maximum absolute atomic E-state index is 2.41. The monoisotopic (exact) mass is 430 g/mol. The first-order valence-corrected chi connectivity index (χ1v) is 11.8. The number of pyridine rings is 2. The minimum absolute atomic E-state index is 1.34. The molecule has 0 N–H and O–H groups in total. The van der Waals surface area contributed by atoms with Crippen molar-refractivity contribution in [1.82, 2.24) is 0 Å². The molecule has 0 bridgehead atoms. The van der Waals surface area contributed by atoms with E-state index in [1.54, 1.807) is 0 Å². The average Bonchev–Trinajstić information content (AvgIpc) is 2.76. The Morgan fingerprint density at radius 1 is 0.312 bits per heavy atom. The molecule has 0 amide bonds. The van der Waals surface area contributed by atoms with Crippen LogP contribution in [0.5, 0.6) is 0 Å². The summed E-state index contributed by atoms with van der Waals surface area (Å²) in [5.74, 6) is 0. The molecule has 0 fully saturated rings. The van der Waals surface area contributed by atoms with Crippen molar-refractivity contribution >= 4 is 0 Å². The third-order valence-corrected chi connectivity index (χ3v) is 8.82. The largest absolute Gasteiger partial charge is 0.216 e. The van der Waals surface area contributed by atoms with Crippen molar-refractivity contribution in [3.8, 4) is 22.5 Å². The maximum atomic E-state index is 2.41. The lowest BCUT2D eigenvalue weighted by molar-refractivity contribution is -0.667. The van der Waals surface area contributed by atoms with Crippen LogP contribution in [0.3, 0.4) is 0 Å². The molecule has 0 aliphatic rings. The van der Waals surface area contributed by atoms with Gasteiger partial charge < -0.3 is 0 Å². The molecule has 0 saturated carbocycles. The van der Waals surface area contributed by atoms with E-state index in [0.29, 0.717) is 0 Å². The second kappa shape index (κ2) is 8.14. The van der Waals surface area contributed by atoms with Gasteiger partial charge in [-0.25, -0.2) is 0 Å². The SMILES string of the molecule is Cc1c(C)c(-c2c(C)c(C)c(C)c(C)[n+]2C)c(C)c(-c2c(C)c(C)c(C)c(C)[n+]2C)c1C. The Balaban J connectivity index is 2.59. The van der Waals surface area contributed by atoms with E-state index in [0.717, 1.165) is 0 Å². The number of hydrogen-bond donors (Lipinski definition) is 0. The topological polar surface area (TPSA) is 7.76 Å². The van der Waals surface area contributed by atoms with E-state index in [1.165, 1.54) is 89.5 Å². The average molecular weight is 431 g/mol. The third kappa shape index (κ3) is 3.22. The summed E-state index contributed by atoms with van der Waals surface area (Å²) in [6, 6.07) is 0. The first-order chi connectivity index (χ1) is 14.7. The maximum Gasteiger partial charge on any atom is 0.216 e. The van der Waals surface area contributed by atoms with Crippen LogP contribution >= 0.6 is 0 Å². The van der Waals surface area contributed by atoms with E-state index < -0.39 is 0 Å². The first-order valence-electron chi connectivity index (χ1n) is 11.8. The molecular formula is C30H42N2+2. The minimum atomic E-state index is 1.34. The van der Waals surface area contributed by atoms with Gasteiger partial charge in [0.25, 0.3) is 0 Å². The lowest BCUT2D eigenvalue weighted by atomic mass is 9.82. The van der Waals surface area contributed by atoms with Gasteiger partial charge in [0.1, 0.15) is 14.1 Å². The number of hydrogen-bond acceptors (Lipinski definition) is 0. The summed E-state index contributed by atoms with van der Waals surface area (Å²) in [5, 5.41) is 0. The number of aromatic nitrogens is 2. The normalized spacial score (nSPS) is 11.4. The zero-order chi connectivity index (χ0) is 24.4. The Labute approximate surface area is 196 Å². The van der Waals surface area contributed by atoms with Crippen LogP contribution in [-0.2, 0) is 14.1 Å². The second-order valence-corrected chi connectivity index (χ2v) is 9.99. The smallest absolute Gasteiger partial charge is 0.198 e. The molecule has 0 aliphatic carbocycles. The summed E-state index contributed by atoms with van der Waals surface area (Å²) in [4.78, 5) is 0. The van der Waals surface area contributed by atoms with Crippen molar-refractivity contribution in [2.75, 3.05) is 0 Å². The van der Waals surface area contributed by atoms with Gasteiger partial charge in [-0.3, -0.25) is 0 Å². The zero-order valence-corrected chi connectivity index (χ0v) is 22.9. The Kier molecular flexibility index (Phi) is 6.15. The van der Waals surface area contributed by atoms with Gasteiger partial charge in [-0.2, -0.15) is 9.13 Å². The highest BCUT2D eigenvalue weighted by molar-refractivity contribution is 5.82. The predicted molar refractivity (Wildman–Crippen MR) is 137 cm³/mol. The molecule has 3 aromatic rings. The van der Waals surface area contributed by atoms with Gasteiger partial charge in [-0.15, -0.1) is 0 Å². The van der Waals surface area contributed by atoms with Crippen molar-refractivity contribution < 1.29 is 9.13 Å². The Hall–Kier alpha value is -2.48. The quantitative estimate of drug-likeness (QED) is 0.417. The molecule has 0 unspecified atom stereocenters. The van der Waals surface area contributed by atoms with Crippen molar-refractivity contribution in [3.63, 3.8) is 0 Å². The van der Waals surface area contributed by atoms with E-state index in [2.05, 4.69) is 106 Å². The fraction of sp³-hybridized carbons (Fsp3) is 0.467. The molecule has 3 rings (SSSR count). The molecular weight excluding hydrogens is 388 g/mol. The van der Waals surface area contributed by atoms with E-state index in [1.807, 2.05) is 0 Å². The van der Waals surface area contributed by atoms with Gasteiger partial charge in [0, 0.05) is 36.1 Å². The number of benzene rings is 1. The molecule has 0 spiro atoms. The Bertz CT molecular complexity index is 1140. The second-order valence-electron chi connectivity index (χ2n) is 9.99. The molecule has 0 atom stereocenters. The predicted octanol–water partition coefficient (Wildman–Crippen LogP) is 6.37. The minimum Gasteiger partial charge on any atom is -0.198 e. The van der Waals surface area contributed by atoms with Gasteiger partial charge in [-0.05, 0) is 103 Å². The molecule has 2 heteroatoms. The van der Waals surface area contributed by atoms with Crippen LogP contribution < -0.4 is 9.13 Å². The van der Waals surface area contributed by atoms with Crippen molar-refractivity contribution in [1.29, 1.82) is 0 Å². The molecule has 0 aliphatic heterocycles. The molecule has 2 aromatic heterocycles. The van der Waals surface area contributed by atoms with Crippen molar-refractivity contribution in [3.05, 3.63) is 67.0 Å². The molecule has 32 heavy (non-hydrogen) atoms. The van der Waals surface area contributed by atoms with Crippen LogP contribution in [0.1, 0.15) is 67.0 Å². The van der Waals surface area contributed by atoms with E-state index in [4.69, 9.17) is 0 Å². The van der Waals surface area contributed by atoms with Gasteiger partial charge in [-0.1, -0.05) is 0 Å². The molecule has 2 heterocycles. The summed E-state index contributed by atoms with van der Waals surface area (Å²) in [5.41, 5.74) is 22.1.